The molecule has 4 rings (SSSR count). The number of Topliss-reactive ketones (excluding diaryl/α,β-unsaturated/α-hetero) is 1. The molecule has 0 N–H and O–H groups in total. The molecule has 0 unspecified atom stereocenters. The van der Waals surface area contributed by atoms with Crippen molar-refractivity contribution in [2.75, 3.05) is 11.9 Å². The van der Waals surface area contributed by atoms with Gasteiger partial charge in [0.05, 0.1) is 0 Å². The molecule has 0 saturated carbocycles. The molecule has 2 aromatic carbocycles. The van der Waals surface area contributed by atoms with Crippen LogP contribution >= 0.6 is 0 Å². The van der Waals surface area contributed by atoms with Gasteiger partial charge in [-0.05, 0) is 23.3 Å². The molecule has 120 valence electrons. The van der Waals surface area contributed by atoms with Crippen LogP contribution in [0.4, 0.5) is 5.69 Å². The molecule has 2 nitrogen and oxygen atoms in total. The van der Waals surface area contributed by atoms with Crippen molar-refractivity contribution in [1.82, 2.24) is 0 Å². The molecule has 2 heteroatoms. The first-order valence-electron chi connectivity index (χ1n) is 8.37. The highest BCUT2D eigenvalue weighted by Gasteiger charge is 2.37. The lowest BCUT2D eigenvalue weighted by molar-refractivity contribution is 0.103. The molecule has 0 spiro atoms. The number of rotatable bonds is 1. The molecule has 0 aromatic heterocycles. The monoisotopic (exact) mass is 315 g/mol. The number of anilines is 1. The van der Waals surface area contributed by atoms with E-state index in [2.05, 4.69) is 56.1 Å². The van der Waals surface area contributed by atoms with E-state index in [0.717, 1.165) is 23.1 Å². The molecule has 1 heterocycles. The van der Waals surface area contributed by atoms with E-state index in [1.54, 1.807) is 0 Å². The Morgan fingerprint density at radius 1 is 1.00 bits per heavy atom. The molecule has 0 saturated heterocycles. The number of benzene rings is 2. The van der Waals surface area contributed by atoms with Crippen molar-refractivity contribution in [2.45, 2.75) is 25.7 Å². The van der Waals surface area contributed by atoms with Crippen LogP contribution in [-0.2, 0) is 11.8 Å². The van der Waals surface area contributed by atoms with Crippen molar-refractivity contribution >= 4 is 11.5 Å². The number of carbonyl (C=O) groups excluding carboxylic acids is 1. The summed E-state index contributed by atoms with van der Waals surface area (Å²) in [4.78, 5) is 14.8. The van der Waals surface area contributed by atoms with E-state index in [9.17, 15) is 4.79 Å². The highest BCUT2D eigenvalue weighted by atomic mass is 16.1. The molecule has 0 fully saturated rings. The average molecular weight is 315 g/mol. The molecule has 2 aromatic rings. The molecule has 2 aliphatic rings. The van der Waals surface area contributed by atoms with Gasteiger partial charge in [-0.15, -0.1) is 0 Å². The first-order chi connectivity index (χ1) is 11.5. The Balaban J connectivity index is 1.72. The summed E-state index contributed by atoms with van der Waals surface area (Å²) in [6.45, 7) is 4.48. The van der Waals surface area contributed by atoms with E-state index in [1.807, 2.05) is 30.3 Å². The molecule has 0 atom stereocenters. The molecule has 0 amide bonds. The molecular weight excluding hydrogens is 294 g/mol. The Morgan fingerprint density at radius 3 is 2.46 bits per heavy atom. The van der Waals surface area contributed by atoms with E-state index >= 15 is 0 Å². The maximum absolute atomic E-state index is 12.6. The van der Waals surface area contributed by atoms with Crippen LogP contribution in [-0.4, -0.2) is 12.8 Å². The fourth-order valence-corrected chi connectivity index (χ4v) is 3.97. The van der Waals surface area contributed by atoms with Crippen LogP contribution in [0.15, 0.2) is 72.0 Å². The van der Waals surface area contributed by atoms with E-state index in [4.69, 9.17) is 0 Å². The summed E-state index contributed by atoms with van der Waals surface area (Å²) in [7, 11) is 2.10. The van der Waals surface area contributed by atoms with Crippen molar-refractivity contribution in [3.8, 4) is 0 Å². The summed E-state index contributed by atoms with van der Waals surface area (Å²) in [6, 6.07) is 16.4. The highest BCUT2D eigenvalue weighted by Crippen LogP contribution is 2.46. The van der Waals surface area contributed by atoms with E-state index in [0.29, 0.717) is 0 Å². The second-order valence-electron chi connectivity index (χ2n) is 7.11. The Kier molecular flexibility index (Phi) is 3.24. The Morgan fingerprint density at radius 2 is 1.71 bits per heavy atom. The fourth-order valence-electron chi connectivity index (χ4n) is 3.97. The second-order valence-corrected chi connectivity index (χ2v) is 7.11. The molecular formula is C22H21NO. The third-order valence-electron chi connectivity index (χ3n) is 5.32. The zero-order valence-electron chi connectivity index (χ0n) is 14.3. The van der Waals surface area contributed by atoms with Crippen LogP contribution in [0.5, 0.6) is 0 Å². The minimum absolute atomic E-state index is 0.0586. The number of hydrogen-bond acceptors (Lipinski definition) is 2. The number of nitrogens with zero attached hydrogens (tertiary/aromatic N) is 1. The summed E-state index contributed by atoms with van der Waals surface area (Å²) in [5, 5.41) is 0. The number of ketones is 1. The molecule has 0 bridgehead atoms. The first kappa shape index (κ1) is 14.9. The average Bonchev–Trinajstić information content (AvgIpc) is 3.00. The van der Waals surface area contributed by atoms with Gasteiger partial charge in [0, 0.05) is 41.4 Å². The van der Waals surface area contributed by atoms with Gasteiger partial charge in [0.2, 0.25) is 0 Å². The number of allylic oxidation sites excluding steroid dienone is 4. The molecule has 0 radical (unpaired) electrons. The lowest BCUT2D eigenvalue weighted by atomic mass is 9.83. The number of hydrogen-bond donors (Lipinski definition) is 0. The quantitative estimate of drug-likeness (QED) is 0.713. The lowest BCUT2D eigenvalue weighted by Crippen LogP contribution is -2.22. The van der Waals surface area contributed by atoms with Gasteiger partial charge >= 0.3 is 0 Å². The summed E-state index contributed by atoms with van der Waals surface area (Å²) < 4.78 is 0. The highest BCUT2D eigenvalue weighted by molar-refractivity contribution is 6.13. The fraction of sp³-hybridized carbons (Fsp3) is 0.227. The minimum Gasteiger partial charge on any atom is -0.347 e. The zero-order chi connectivity index (χ0) is 16.9. The summed E-state index contributed by atoms with van der Waals surface area (Å²) in [5.41, 5.74) is 6.60. The minimum atomic E-state index is -0.0586. The predicted octanol–water partition coefficient (Wildman–Crippen LogP) is 4.66. The third-order valence-corrected chi connectivity index (χ3v) is 5.32. The van der Waals surface area contributed by atoms with Crippen molar-refractivity contribution in [1.29, 1.82) is 0 Å². The maximum atomic E-state index is 12.6. The van der Waals surface area contributed by atoms with E-state index < -0.39 is 0 Å². The Hall–Kier alpha value is -2.61. The van der Waals surface area contributed by atoms with Crippen LogP contribution in [0.1, 0.15) is 35.3 Å². The number of carbonyl (C=O) groups is 1. The molecule has 1 aliphatic carbocycles. The zero-order valence-corrected chi connectivity index (χ0v) is 14.3. The Bertz CT molecular complexity index is 902. The van der Waals surface area contributed by atoms with Gasteiger partial charge in [-0.25, -0.2) is 0 Å². The van der Waals surface area contributed by atoms with Gasteiger partial charge in [0.25, 0.3) is 0 Å². The van der Waals surface area contributed by atoms with Crippen molar-refractivity contribution in [3.05, 3.63) is 88.6 Å². The van der Waals surface area contributed by atoms with Gasteiger partial charge in [-0.2, -0.15) is 0 Å². The summed E-state index contributed by atoms with van der Waals surface area (Å²) in [5.74, 6) is 0.165. The van der Waals surface area contributed by atoms with E-state index in [-0.39, 0.29) is 11.2 Å². The molecule has 24 heavy (non-hydrogen) atoms. The second kappa shape index (κ2) is 5.20. The van der Waals surface area contributed by atoms with Crippen molar-refractivity contribution in [3.63, 3.8) is 0 Å². The third kappa shape index (κ3) is 2.06. The van der Waals surface area contributed by atoms with Crippen LogP contribution in [0, 0.1) is 0 Å². The smallest absolute Gasteiger partial charge is 0.189 e. The normalized spacial score (nSPS) is 21.5. The number of para-hydroxylation sites is 1. The lowest BCUT2D eigenvalue weighted by Gasteiger charge is -2.23. The standard InChI is InChI=1S/C22H21NO/c1-22(2)18-10-6-7-11-19(18)23(3)20(22)13-12-16-14-15-8-4-5-9-17(15)21(16)24/h4-13H,14H2,1-3H3/b16-12+,20-13+. The molecule has 1 aliphatic heterocycles. The van der Waals surface area contributed by atoms with Crippen LogP contribution in [0.2, 0.25) is 0 Å². The number of likely N-dealkylation sites (N-methyl/N-ethyl adjacent to an activating group) is 1. The SMILES string of the molecule is CN1/C(=C/C=C2\Cc3ccccc3C2=O)C(C)(C)c2ccccc21. The summed E-state index contributed by atoms with van der Waals surface area (Å²) in [6.07, 6.45) is 4.87. The topological polar surface area (TPSA) is 20.3 Å². The van der Waals surface area contributed by atoms with Crippen molar-refractivity contribution < 1.29 is 4.79 Å². The van der Waals surface area contributed by atoms with Gasteiger partial charge in [-0.1, -0.05) is 62.4 Å². The van der Waals surface area contributed by atoms with Crippen LogP contribution in [0.25, 0.3) is 0 Å². The van der Waals surface area contributed by atoms with Crippen LogP contribution in [0.3, 0.4) is 0 Å². The Labute approximate surface area is 143 Å². The maximum Gasteiger partial charge on any atom is 0.189 e. The van der Waals surface area contributed by atoms with Gasteiger partial charge < -0.3 is 4.90 Å². The number of fused-ring (bicyclic) bond motifs is 2. The van der Waals surface area contributed by atoms with Crippen molar-refractivity contribution in [2.24, 2.45) is 0 Å². The first-order valence-corrected chi connectivity index (χ1v) is 8.37. The van der Waals surface area contributed by atoms with E-state index in [1.165, 1.54) is 16.9 Å². The summed E-state index contributed by atoms with van der Waals surface area (Å²) >= 11 is 0. The van der Waals surface area contributed by atoms with Gasteiger partial charge in [0.1, 0.15) is 0 Å². The van der Waals surface area contributed by atoms with Gasteiger partial charge in [0.15, 0.2) is 5.78 Å². The van der Waals surface area contributed by atoms with Crippen LogP contribution < -0.4 is 4.90 Å². The largest absolute Gasteiger partial charge is 0.347 e. The van der Waals surface area contributed by atoms with Gasteiger partial charge in [-0.3, -0.25) is 4.79 Å². The predicted molar refractivity (Wildman–Crippen MR) is 98.5 cm³/mol.